The smallest absolute Gasteiger partial charge is 0.133 e. The van der Waals surface area contributed by atoms with Gasteiger partial charge in [0.2, 0.25) is 0 Å². The Balaban J connectivity index is 2.35. The van der Waals surface area contributed by atoms with Gasteiger partial charge in [-0.05, 0) is 59.1 Å². The van der Waals surface area contributed by atoms with Crippen molar-refractivity contribution in [2.75, 3.05) is 6.61 Å². The molecule has 0 aliphatic carbocycles. The maximum absolute atomic E-state index is 6.39. The molecule has 0 aromatic heterocycles. The molecule has 2 rings (SSSR count). The number of nitrogens with two attached hydrogens (primary N) is 1. The Morgan fingerprint density at radius 2 is 1.85 bits per heavy atom. The lowest BCUT2D eigenvalue weighted by Gasteiger charge is -2.16. The van der Waals surface area contributed by atoms with Gasteiger partial charge in [0.1, 0.15) is 5.75 Å². The standard InChI is InChI=1S/C16H17Br2NO/c1-3-20-15-7-5-11(9-14(15)18)16(19)12-8-10(2)4-6-13(12)17/h4-9,16H,3,19H2,1-2H3. The van der Waals surface area contributed by atoms with Crippen LogP contribution in [0.15, 0.2) is 45.3 Å². The molecule has 2 nitrogen and oxygen atoms in total. The quantitative estimate of drug-likeness (QED) is 0.789. The molecule has 0 heterocycles. The Kier molecular flexibility index (Phi) is 5.24. The molecule has 0 amide bonds. The van der Waals surface area contributed by atoms with Gasteiger partial charge in [0, 0.05) is 4.47 Å². The monoisotopic (exact) mass is 397 g/mol. The minimum absolute atomic E-state index is 0.170. The molecule has 0 saturated heterocycles. The van der Waals surface area contributed by atoms with Crippen LogP contribution < -0.4 is 10.5 Å². The lowest BCUT2D eigenvalue weighted by atomic mass is 9.98. The summed E-state index contributed by atoms with van der Waals surface area (Å²) in [6.45, 7) is 4.68. The maximum Gasteiger partial charge on any atom is 0.133 e. The van der Waals surface area contributed by atoms with Crippen molar-refractivity contribution in [1.29, 1.82) is 0 Å². The highest BCUT2D eigenvalue weighted by molar-refractivity contribution is 9.10. The van der Waals surface area contributed by atoms with E-state index in [1.165, 1.54) is 5.56 Å². The fourth-order valence-electron chi connectivity index (χ4n) is 2.06. The first-order chi connectivity index (χ1) is 9.52. The highest BCUT2D eigenvalue weighted by Crippen LogP contribution is 2.32. The van der Waals surface area contributed by atoms with Gasteiger partial charge in [-0.2, -0.15) is 0 Å². The second-order valence-corrected chi connectivity index (χ2v) is 6.33. The van der Waals surface area contributed by atoms with E-state index in [2.05, 4.69) is 50.9 Å². The predicted octanol–water partition coefficient (Wildman–Crippen LogP) is 4.97. The van der Waals surface area contributed by atoms with Crippen LogP contribution in [0.1, 0.15) is 29.7 Å². The van der Waals surface area contributed by atoms with Crippen LogP contribution in [0.2, 0.25) is 0 Å². The third kappa shape index (κ3) is 3.43. The first kappa shape index (κ1) is 15.5. The second kappa shape index (κ2) is 6.74. The number of hydrogen-bond donors (Lipinski definition) is 1. The third-order valence-electron chi connectivity index (χ3n) is 3.10. The lowest BCUT2D eigenvalue weighted by Crippen LogP contribution is -2.13. The Labute approximate surface area is 136 Å². The number of halogens is 2. The minimum atomic E-state index is -0.170. The summed E-state index contributed by atoms with van der Waals surface area (Å²) in [5.41, 5.74) is 9.72. The van der Waals surface area contributed by atoms with Crippen LogP contribution in [-0.2, 0) is 0 Å². The summed E-state index contributed by atoms with van der Waals surface area (Å²) >= 11 is 7.10. The summed E-state index contributed by atoms with van der Waals surface area (Å²) in [6, 6.07) is 12.0. The molecule has 0 aliphatic rings. The summed E-state index contributed by atoms with van der Waals surface area (Å²) in [5.74, 6) is 0.840. The van der Waals surface area contributed by atoms with E-state index >= 15 is 0 Å². The van der Waals surface area contributed by atoms with Crippen LogP contribution in [0.25, 0.3) is 0 Å². The van der Waals surface area contributed by atoms with Crippen molar-refractivity contribution in [3.63, 3.8) is 0 Å². The summed E-state index contributed by atoms with van der Waals surface area (Å²) in [4.78, 5) is 0. The molecule has 2 aromatic carbocycles. The second-order valence-electron chi connectivity index (χ2n) is 4.63. The van der Waals surface area contributed by atoms with Gasteiger partial charge in [-0.15, -0.1) is 0 Å². The number of rotatable bonds is 4. The maximum atomic E-state index is 6.39. The minimum Gasteiger partial charge on any atom is -0.493 e. The van der Waals surface area contributed by atoms with E-state index < -0.39 is 0 Å². The van der Waals surface area contributed by atoms with E-state index in [1.54, 1.807) is 0 Å². The van der Waals surface area contributed by atoms with Crippen LogP contribution in [0.5, 0.6) is 5.75 Å². The average Bonchev–Trinajstić information content (AvgIpc) is 2.43. The molecule has 20 heavy (non-hydrogen) atoms. The lowest BCUT2D eigenvalue weighted by molar-refractivity contribution is 0.338. The van der Waals surface area contributed by atoms with Crippen LogP contribution in [0.3, 0.4) is 0 Å². The van der Waals surface area contributed by atoms with E-state index in [1.807, 2.05) is 31.2 Å². The number of aryl methyl sites for hydroxylation is 1. The van der Waals surface area contributed by atoms with Crippen LogP contribution >= 0.6 is 31.9 Å². The Morgan fingerprint density at radius 3 is 2.50 bits per heavy atom. The highest BCUT2D eigenvalue weighted by atomic mass is 79.9. The number of benzene rings is 2. The summed E-state index contributed by atoms with van der Waals surface area (Å²) < 4.78 is 7.48. The van der Waals surface area contributed by atoms with Crippen LogP contribution in [-0.4, -0.2) is 6.61 Å². The van der Waals surface area contributed by atoms with Crippen molar-refractivity contribution in [2.45, 2.75) is 19.9 Å². The molecule has 0 aliphatic heterocycles. The molecule has 0 fully saturated rings. The first-order valence-corrected chi connectivity index (χ1v) is 8.05. The molecule has 2 aromatic rings. The Bertz CT molecular complexity index is 613. The summed E-state index contributed by atoms with van der Waals surface area (Å²) in [6.07, 6.45) is 0. The zero-order valence-corrected chi connectivity index (χ0v) is 14.7. The molecule has 4 heteroatoms. The highest BCUT2D eigenvalue weighted by Gasteiger charge is 2.14. The largest absolute Gasteiger partial charge is 0.493 e. The van der Waals surface area contributed by atoms with Gasteiger partial charge in [-0.3, -0.25) is 0 Å². The molecular formula is C16H17Br2NO. The van der Waals surface area contributed by atoms with Gasteiger partial charge < -0.3 is 10.5 Å². The van der Waals surface area contributed by atoms with E-state index in [-0.39, 0.29) is 6.04 Å². The van der Waals surface area contributed by atoms with E-state index in [0.717, 1.165) is 25.8 Å². The van der Waals surface area contributed by atoms with Crippen molar-refractivity contribution in [3.8, 4) is 5.75 Å². The zero-order valence-electron chi connectivity index (χ0n) is 11.5. The fraction of sp³-hybridized carbons (Fsp3) is 0.250. The van der Waals surface area contributed by atoms with E-state index in [9.17, 15) is 0 Å². The van der Waals surface area contributed by atoms with Gasteiger partial charge >= 0.3 is 0 Å². The van der Waals surface area contributed by atoms with Crippen molar-refractivity contribution in [3.05, 3.63) is 62.0 Å². The van der Waals surface area contributed by atoms with Gasteiger partial charge in [0.25, 0.3) is 0 Å². The van der Waals surface area contributed by atoms with Gasteiger partial charge in [0.15, 0.2) is 0 Å². The summed E-state index contributed by atoms with van der Waals surface area (Å²) in [5, 5.41) is 0. The average molecular weight is 399 g/mol. The topological polar surface area (TPSA) is 35.2 Å². The molecule has 0 spiro atoms. The molecule has 106 valence electrons. The van der Waals surface area contributed by atoms with Gasteiger partial charge in [-0.25, -0.2) is 0 Å². The molecule has 0 saturated carbocycles. The molecule has 1 atom stereocenters. The van der Waals surface area contributed by atoms with Crippen molar-refractivity contribution in [2.24, 2.45) is 5.73 Å². The van der Waals surface area contributed by atoms with Crippen molar-refractivity contribution >= 4 is 31.9 Å². The summed E-state index contributed by atoms with van der Waals surface area (Å²) in [7, 11) is 0. The SMILES string of the molecule is CCOc1ccc(C(N)c2cc(C)ccc2Br)cc1Br. The normalized spacial score (nSPS) is 12.2. The Morgan fingerprint density at radius 1 is 1.10 bits per heavy atom. The molecule has 0 radical (unpaired) electrons. The zero-order chi connectivity index (χ0) is 14.7. The number of ether oxygens (including phenoxy) is 1. The van der Waals surface area contributed by atoms with Crippen LogP contribution in [0, 0.1) is 6.92 Å². The molecule has 1 unspecified atom stereocenters. The first-order valence-electron chi connectivity index (χ1n) is 6.46. The van der Waals surface area contributed by atoms with E-state index in [0.29, 0.717) is 6.61 Å². The van der Waals surface area contributed by atoms with Crippen molar-refractivity contribution in [1.82, 2.24) is 0 Å². The fourth-order valence-corrected chi connectivity index (χ4v) is 3.07. The van der Waals surface area contributed by atoms with Gasteiger partial charge in [-0.1, -0.05) is 39.7 Å². The molecular weight excluding hydrogens is 382 g/mol. The third-order valence-corrected chi connectivity index (χ3v) is 4.44. The van der Waals surface area contributed by atoms with Gasteiger partial charge in [0.05, 0.1) is 17.1 Å². The van der Waals surface area contributed by atoms with Crippen LogP contribution in [0.4, 0.5) is 0 Å². The Hall–Kier alpha value is -0.840. The molecule has 2 N–H and O–H groups in total. The molecule has 0 bridgehead atoms. The predicted molar refractivity (Wildman–Crippen MR) is 90.2 cm³/mol. The number of hydrogen-bond acceptors (Lipinski definition) is 2. The van der Waals surface area contributed by atoms with E-state index in [4.69, 9.17) is 10.5 Å². The van der Waals surface area contributed by atoms with Crippen molar-refractivity contribution < 1.29 is 4.74 Å².